The fraction of sp³-hybridized carbons (Fsp3) is 0.333. The second-order valence-corrected chi connectivity index (χ2v) is 10.3. The Morgan fingerprint density at radius 1 is 1.29 bits per heavy atom. The van der Waals surface area contributed by atoms with Crippen molar-refractivity contribution in [1.29, 1.82) is 0 Å². The molecule has 4 heterocycles. The summed E-state index contributed by atoms with van der Waals surface area (Å²) in [6.45, 7) is 5.42. The van der Waals surface area contributed by atoms with E-state index in [1.165, 1.54) is 23.1 Å². The normalized spacial score (nSPS) is 15.8. The lowest BCUT2D eigenvalue weighted by atomic mass is 10.1. The molecule has 5 rings (SSSR count). The fourth-order valence-corrected chi connectivity index (χ4v) is 5.84. The molecule has 1 aromatic carbocycles. The number of hydrogen-bond acceptors (Lipinski definition) is 8. The molecule has 0 saturated carbocycles. The minimum atomic E-state index is -0.0857. The molecule has 0 aliphatic carbocycles. The minimum absolute atomic E-state index is 0.0857. The van der Waals surface area contributed by atoms with Gasteiger partial charge in [-0.05, 0) is 56.0 Å². The lowest BCUT2D eigenvalue weighted by molar-refractivity contribution is -0.113. The first-order valence-electron chi connectivity index (χ1n) is 11.2. The number of anilines is 2. The van der Waals surface area contributed by atoms with Crippen molar-refractivity contribution in [2.45, 2.75) is 44.5 Å². The van der Waals surface area contributed by atoms with Crippen molar-refractivity contribution in [3.05, 3.63) is 47.7 Å². The maximum Gasteiger partial charge on any atom is 0.234 e. The number of aryl methyl sites for hydroxylation is 1. The lowest BCUT2D eigenvalue weighted by Gasteiger charge is -2.14. The van der Waals surface area contributed by atoms with E-state index >= 15 is 0 Å². The van der Waals surface area contributed by atoms with Crippen LogP contribution in [-0.2, 0) is 16.1 Å². The molecule has 10 heteroatoms. The molecular formula is C24H26N6O2S2. The highest BCUT2D eigenvalue weighted by atomic mass is 32.2. The van der Waals surface area contributed by atoms with Gasteiger partial charge in [-0.3, -0.25) is 9.36 Å². The van der Waals surface area contributed by atoms with Gasteiger partial charge in [0, 0.05) is 23.9 Å². The molecule has 176 valence electrons. The number of thiophene rings is 1. The number of ether oxygens (including phenoxy) is 1. The Kier molecular flexibility index (Phi) is 6.53. The van der Waals surface area contributed by atoms with Gasteiger partial charge in [-0.1, -0.05) is 23.9 Å². The molecule has 1 aliphatic rings. The number of nitrogens with one attached hydrogen (secondary N) is 1. The molecule has 0 unspecified atom stereocenters. The molecule has 1 aliphatic heterocycles. The maximum atomic E-state index is 12.7. The second kappa shape index (κ2) is 9.73. The molecule has 1 fully saturated rings. The summed E-state index contributed by atoms with van der Waals surface area (Å²) in [6.07, 6.45) is 3.87. The van der Waals surface area contributed by atoms with E-state index in [1.807, 2.05) is 48.7 Å². The molecule has 0 bridgehead atoms. The number of nitrogens with two attached hydrogens (primary N) is 1. The van der Waals surface area contributed by atoms with Gasteiger partial charge in [-0.2, -0.15) is 0 Å². The maximum absolute atomic E-state index is 12.7. The molecule has 1 atom stereocenters. The Morgan fingerprint density at radius 3 is 2.97 bits per heavy atom. The number of pyridine rings is 1. The van der Waals surface area contributed by atoms with E-state index in [2.05, 4.69) is 20.5 Å². The van der Waals surface area contributed by atoms with Gasteiger partial charge in [-0.25, -0.2) is 4.98 Å². The first kappa shape index (κ1) is 22.8. The highest BCUT2D eigenvalue weighted by Crippen LogP contribution is 2.40. The average molecular weight is 495 g/mol. The van der Waals surface area contributed by atoms with Gasteiger partial charge in [0.2, 0.25) is 5.91 Å². The predicted molar refractivity (Wildman–Crippen MR) is 137 cm³/mol. The van der Waals surface area contributed by atoms with Crippen LogP contribution in [-0.4, -0.2) is 44.1 Å². The third kappa shape index (κ3) is 4.53. The SMILES string of the molecule is Cc1cccc(NC(=O)CSc2nnc(-c3sc4ncccc4c3N)n2C[C@H]2CCCO2)c1C. The van der Waals surface area contributed by atoms with Crippen LogP contribution in [0.15, 0.2) is 41.7 Å². The zero-order valence-corrected chi connectivity index (χ0v) is 20.7. The Labute approximate surface area is 205 Å². The van der Waals surface area contributed by atoms with Crippen molar-refractivity contribution in [2.24, 2.45) is 0 Å². The van der Waals surface area contributed by atoms with Crippen molar-refractivity contribution in [3.8, 4) is 10.7 Å². The minimum Gasteiger partial charge on any atom is -0.397 e. The van der Waals surface area contributed by atoms with Crippen LogP contribution in [0.4, 0.5) is 11.4 Å². The summed E-state index contributed by atoms with van der Waals surface area (Å²) in [5.41, 5.74) is 10.2. The van der Waals surface area contributed by atoms with Crippen molar-refractivity contribution in [2.75, 3.05) is 23.4 Å². The Morgan fingerprint density at radius 2 is 2.18 bits per heavy atom. The quantitative estimate of drug-likeness (QED) is 0.360. The molecule has 0 spiro atoms. The fourth-order valence-electron chi connectivity index (χ4n) is 4.04. The first-order valence-corrected chi connectivity index (χ1v) is 13.0. The number of aromatic nitrogens is 4. The molecule has 0 radical (unpaired) electrons. The number of carbonyl (C=O) groups excluding carboxylic acids is 1. The molecule has 34 heavy (non-hydrogen) atoms. The number of thioether (sulfide) groups is 1. The lowest BCUT2D eigenvalue weighted by Crippen LogP contribution is -2.18. The Bertz CT molecular complexity index is 1340. The van der Waals surface area contributed by atoms with Gasteiger partial charge in [0.25, 0.3) is 0 Å². The molecule has 1 saturated heterocycles. The molecule has 3 N–H and O–H groups in total. The smallest absolute Gasteiger partial charge is 0.234 e. The second-order valence-electron chi connectivity index (χ2n) is 8.34. The van der Waals surface area contributed by atoms with Crippen LogP contribution in [0.3, 0.4) is 0 Å². The summed E-state index contributed by atoms with van der Waals surface area (Å²) in [6, 6.07) is 9.74. The van der Waals surface area contributed by atoms with Crippen molar-refractivity contribution in [1.82, 2.24) is 19.7 Å². The van der Waals surface area contributed by atoms with Crippen LogP contribution in [0.25, 0.3) is 20.9 Å². The third-order valence-electron chi connectivity index (χ3n) is 6.05. The number of rotatable bonds is 7. The largest absolute Gasteiger partial charge is 0.397 e. The zero-order valence-electron chi connectivity index (χ0n) is 19.1. The topological polar surface area (TPSA) is 108 Å². The van der Waals surface area contributed by atoms with E-state index in [1.54, 1.807) is 6.20 Å². The van der Waals surface area contributed by atoms with Crippen molar-refractivity contribution in [3.63, 3.8) is 0 Å². The van der Waals surface area contributed by atoms with Crippen molar-refractivity contribution >= 4 is 50.6 Å². The number of hydrogen-bond donors (Lipinski definition) is 2. The van der Waals surface area contributed by atoms with Gasteiger partial charge >= 0.3 is 0 Å². The summed E-state index contributed by atoms with van der Waals surface area (Å²) >= 11 is 2.87. The van der Waals surface area contributed by atoms with E-state index in [0.29, 0.717) is 23.2 Å². The first-order chi connectivity index (χ1) is 16.5. The standard InChI is InChI=1S/C24H26N6O2S2/c1-14-6-3-9-18(15(14)2)27-19(31)13-33-24-29-28-22(30(24)12-16-7-5-11-32-16)21-20(25)17-8-4-10-26-23(17)34-21/h3-4,6,8-10,16H,5,7,11-13,25H2,1-2H3,(H,27,31)/t16-/m1/s1. The Hall–Kier alpha value is -2.95. The molecule has 3 aromatic heterocycles. The summed E-state index contributed by atoms with van der Waals surface area (Å²) < 4.78 is 7.92. The van der Waals surface area contributed by atoms with E-state index < -0.39 is 0 Å². The monoisotopic (exact) mass is 494 g/mol. The molecule has 1 amide bonds. The van der Waals surface area contributed by atoms with Gasteiger partial charge in [-0.15, -0.1) is 21.5 Å². The molecule has 4 aromatic rings. The number of fused-ring (bicyclic) bond motifs is 1. The van der Waals surface area contributed by atoms with Gasteiger partial charge in [0.05, 0.1) is 29.0 Å². The van der Waals surface area contributed by atoms with Crippen LogP contribution in [0, 0.1) is 13.8 Å². The Balaban J connectivity index is 1.40. The van der Waals surface area contributed by atoms with Crippen LogP contribution in [0.5, 0.6) is 0 Å². The van der Waals surface area contributed by atoms with Crippen LogP contribution < -0.4 is 11.1 Å². The highest BCUT2D eigenvalue weighted by molar-refractivity contribution is 7.99. The van der Waals surface area contributed by atoms with Crippen LogP contribution >= 0.6 is 23.1 Å². The number of nitrogens with zero attached hydrogens (tertiary/aromatic N) is 4. The summed E-state index contributed by atoms with van der Waals surface area (Å²) in [4.78, 5) is 18.9. The highest BCUT2D eigenvalue weighted by Gasteiger charge is 2.25. The number of nitrogen functional groups attached to an aromatic ring is 1. The number of carbonyl (C=O) groups is 1. The summed E-state index contributed by atoms with van der Waals surface area (Å²) in [5, 5.41) is 13.5. The van der Waals surface area contributed by atoms with Gasteiger partial charge in [0.1, 0.15) is 4.83 Å². The van der Waals surface area contributed by atoms with E-state index in [9.17, 15) is 4.79 Å². The van der Waals surface area contributed by atoms with Crippen LogP contribution in [0.2, 0.25) is 0 Å². The van der Waals surface area contributed by atoms with Crippen LogP contribution in [0.1, 0.15) is 24.0 Å². The molecular weight excluding hydrogens is 468 g/mol. The number of benzene rings is 1. The van der Waals surface area contributed by atoms with E-state index in [4.69, 9.17) is 10.5 Å². The van der Waals surface area contributed by atoms with E-state index in [-0.39, 0.29) is 17.8 Å². The van der Waals surface area contributed by atoms with Crippen molar-refractivity contribution < 1.29 is 9.53 Å². The van der Waals surface area contributed by atoms with E-state index in [0.717, 1.165) is 51.4 Å². The predicted octanol–water partition coefficient (Wildman–Crippen LogP) is 4.66. The van der Waals surface area contributed by atoms with Gasteiger partial charge in [0.15, 0.2) is 11.0 Å². The third-order valence-corrected chi connectivity index (χ3v) is 8.14. The zero-order chi connectivity index (χ0) is 23.7. The average Bonchev–Trinajstić information content (AvgIpc) is 3.56. The number of amides is 1. The van der Waals surface area contributed by atoms with Gasteiger partial charge < -0.3 is 15.8 Å². The summed E-state index contributed by atoms with van der Waals surface area (Å²) in [5.74, 6) is 0.825. The summed E-state index contributed by atoms with van der Waals surface area (Å²) in [7, 11) is 0. The molecule has 8 nitrogen and oxygen atoms in total.